The van der Waals surface area contributed by atoms with Crippen molar-refractivity contribution in [2.24, 2.45) is 0 Å². The largest absolute Gasteiger partial charge is 0.493 e. The minimum atomic E-state index is -0.368. The molecule has 8 heteroatoms. The standard InChI is InChI=1S/C18H16BrClN2O4/c1-24-15-5-11(14(19)7-16(15)25-2)6-18(23)26-10-13-9-22-8-12(20)3-4-17(22)21-13/h3-5,7-9H,6,10H2,1-2H3. The normalized spacial score (nSPS) is 10.8. The topological polar surface area (TPSA) is 62.1 Å². The van der Waals surface area contributed by atoms with Gasteiger partial charge in [0.05, 0.1) is 31.4 Å². The molecule has 0 aliphatic heterocycles. The lowest BCUT2D eigenvalue weighted by Gasteiger charge is -2.11. The number of halogens is 2. The summed E-state index contributed by atoms with van der Waals surface area (Å²) in [6.07, 6.45) is 3.62. The number of benzene rings is 1. The monoisotopic (exact) mass is 438 g/mol. The van der Waals surface area contributed by atoms with E-state index in [2.05, 4.69) is 20.9 Å². The van der Waals surface area contributed by atoms with Gasteiger partial charge in [0.15, 0.2) is 11.5 Å². The number of esters is 1. The zero-order chi connectivity index (χ0) is 18.7. The summed E-state index contributed by atoms with van der Waals surface area (Å²) in [4.78, 5) is 16.6. The van der Waals surface area contributed by atoms with E-state index in [-0.39, 0.29) is 19.0 Å². The molecule has 0 spiro atoms. The van der Waals surface area contributed by atoms with Crippen LogP contribution < -0.4 is 9.47 Å². The van der Waals surface area contributed by atoms with Crippen molar-refractivity contribution in [2.75, 3.05) is 14.2 Å². The zero-order valence-corrected chi connectivity index (χ0v) is 16.5. The molecule has 0 unspecified atom stereocenters. The molecular weight excluding hydrogens is 424 g/mol. The van der Waals surface area contributed by atoms with Crippen LogP contribution in [-0.4, -0.2) is 29.6 Å². The number of carbonyl (C=O) groups excluding carboxylic acids is 1. The van der Waals surface area contributed by atoms with E-state index in [1.807, 2.05) is 0 Å². The molecule has 0 atom stereocenters. The van der Waals surface area contributed by atoms with Gasteiger partial charge in [-0.1, -0.05) is 27.5 Å². The predicted molar refractivity (Wildman–Crippen MR) is 101 cm³/mol. The Balaban J connectivity index is 1.66. The molecule has 0 aliphatic rings. The second-order valence-electron chi connectivity index (χ2n) is 5.48. The smallest absolute Gasteiger partial charge is 0.310 e. The summed E-state index contributed by atoms with van der Waals surface area (Å²) < 4.78 is 18.4. The highest BCUT2D eigenvalue weighted by atomic mass is 79.9. The molecule has 3 rings (SSSR count). The number of hydrogen-bond donors (Lipinski definition) is 0. The molecule has 0 saturated carbocycles. The summed E-state index contributed by atoms with van der Waals surface area (Å²) >= 11 is 9.38. The van der Waals surface area contributed by atoms with Crippen molar-refractivity contribution in [2.45, 2.75) is 13.0 Å². The number of pyridine rings is 1. The first kappa shape index (κ1) is 18.5. The van der Waals surface area contributed by atoms with Gasteiger partial charge < -0.3 is 18.6 Å². The van der Waals surface area contributed by atoms with E-state index in [9.17, 15) is 4.79 Å². The fourth-order valence-corrected chi connectivity index (χ4v) is 3.11. The van der Waals surface area contributed by atoms with E-state index in [1.165, 1.54) is 0 Å². The average molecular weight is 440 g/mol. The van der Waals surface area contributed by atoms with Crippen LogP contribution in [0.2, 0.25) is 5.02 Å². The van der Waals surface area contributed by atoms with Crippen molar-refractivity contribution >= 4 is 39.1 Å². The molecule has 6 nitrogen and oxygen atoms in total. The number of rotatable bonds is 6. The highest BCUT2D eigenvalue weighted by Gasteiger charge is 2.14. The number of fused-ring (bicyclic) bond motifs is 1. The third kappa shape index (κ3) is 4.11. The first-order valence-electron chi connectivity index (χ1n) is 7.69. The fourth-order valence-electron chi connectivity index (χ4n) is 2.48. The number of carbonyl (C=O) groups is 1. The van der Waals surface area contributed by atoms with Crippen LogP contribution in [0.25, 0.3) is 5.65 Å². The molecule has 0 fully saturated rings. The molecule has 136 valence electrons. The van der Waals surface area contributed by atoms with Gasteiger partial charge in [-0.05, 0) is 29.8 Å². The van der Waals surface area contributed by atoms with Crippen LogP contribution in [0.4, 0.5) is 0 Å². The summed E-state index contributed by atoms with van der Waals surface area (Å²) in [7, 11) is 3.10. The van der Waals surface area contributed by atoms with E-state index in [0.717, 1.165) is 15.7 Å². The van der Waals surface area contributed by atoms with E-state index < -0.39 is 0 Å². The minimum absolute atomic E-state index is 0.0864. The highest BCUT2D eigenvalue weighted by molar-refractivity contribution is 9.10. The van der Waals surface area contributed by atoms with Gasteiger partial charge in [0.1, 0.15) is 12.3 Å². The first-order chi connectivity index (χ1) is 12.5. The number of hydrogen-bond acceptors (Lipinski definition) is 5. The van der Waals surface area contributed by atoms with Crippen LogP contribution in [0.5, 0.6) is 11.5 Å². The van der Waals surface area contributed by atoms with Crippen molar-refractivity contribution < 1.29 is 19.0 Å². The van der Waals surface area contributed by atoms with E-state index >= 15 is 0 Å². The van der Waals surface area contributed by atoms with Crippen molar-refractivity contribution in [1.82, 2.24) is 9.38 Å². The summed E-state index contributed by atoms with van der Waals surface area (Å²) in [5.41, 5.74) is 2.13. The van der Waals surface area contributed by atoms with Gasteiger partial charge in [-0.2, -0.15) is 0 Å². The lowest BCUT2D eigenvalue weighted by Crippen LogP contribution is -2.09. The lowest BCUT2D eigenvalue weighted by atomic mass is 10.1. The molecule has 0 radical (unpaired) electrons. The molecule has 0 saturated heterocycles. The molecule has 2 heterocycles. The van der Waals surface area contributed by atoms with Gasteiger partial charge >= 0.3 is 5.97 Å². The third-order valence-electron chi connectivity index (χ3n) is 3.73. The number of imidazole rings is 1. The Morgan fingerprint density at radius 1 is 1.19 bits per heavy atom. The molecule has 2 aromatic heterocycles. The van der Waals surface area contributed by atoms with Crippen LogP contribution in [0.15, 0.2) is 41.1 Å². The molecule has 0 N–H and O–H groups in total. The minimum Gasteiger partial charge on any atom is -0.493 e. The molecule has 3 aromatic rings. The van der Waals surface area contributed by atoms with Crippen LogP contribution in [0, 0.1) is 0 Å². The second-order valence-corrected chi connectivity index (χ2v) is 6.77. The Labute approximate surface area is 163 Å². The van der Waals surface area contributed by atoms with Crippen LogP contribution in [0.3, 0.4) is 0 Å². The maximum atomic E-state index is 12.2. The Hall–Kier alpha value is -2.25. The lowest BCUT2D eigenvalue weighted by molar-refractivity contribution is -0.144. The number of nitrogens with zero attached hydrogens (tertiary/aromatic N) is 2. The summed E-state index contributed by atoms with van der Waals surface area (Å²) in [6.45, 7) is 0.0864. The maximum Gasteiger partial charge on any atom is 0.310 e. The summed E-state index contributed by atoms with van der Waals surface area (Å²) in [6, 6.07) is 7.06. The van der Waals surface area contributed by atoms with Crippen molar-refractivity contribution in [3.05, 3.63) is 57.4 Å². The SMILES string of the molecule is COc1cc(Br)c(CC(=O)OCc2cn3cc(Cl)ccc3n2)cc1OC. The van der Waals surface area contributed by atoms with Gasteiger partial charge in [-0.25, -0.2) is 4.98 Å². The molecular formula is C18H16BrClN2O4. The van der Waals surface area contributed by atoms with Crippen LogP contribution >= 0.6 is 27.5 Å². The molecule has 26 heavy (non-hydrogen) atoms. The van der Waals surface area contributed by atoms with Gasteiger partial charge in [0.2, 0.25) is 0 Å². The zero-order valence-electron chi connectivity index (χ0n) is 14.2. The van der Waals surface area contributed by atoms with Gasteiger partial charge in [0.25, 0.3) is 0 Å². The molecule has 1 aromatic carbocycles. The maximum absolute atomic E-state index is 12.2. The second kappa shape index (κ2) is 7.97. The average Bonchev–Trinajstić information content (AvgIpc) is 3.03. The summed E-state index contributed by atoms with van der Waals surface area (Å²) in [5.74, 6) is 0.767. The number of aromatic nitrogens is 2. The first-order valence-corrected chi connectivity index (χ1v) is 8.86. The Morgan fingerprint density at radius 2 is 1.92 bits per heavy atom. The van der Waals surface area contributed by atoms with Gasteiger partial charge in [-0.3, -0.25) is 4.79 Å². The van der Waals surface area contributed by atoms with Crippen LogP contribution in [-0.2, 0) is 22.6 Å². The van der Waals surface area contributed by atoms with Crippen molar-refractivity contribution in [1.29, 1.82) is 0 Å². The predicted octanol–water partition coefficient (Wildman–Crippen LogP) is 4.05. The Kier molecular flexibility index (Phi) is 5.68. The Bertz CT molecular complexity index is 958. The van der Waals surface area contributed by atoms with E-state index in [0.29, 0.717) is 22.2 Å². The molecule has 0 aliphatic carbocycles. The van der Waals surface area contributed by atoms with Gasteiger partial charge in [-0.15, -0.1) is 0 Å². The fraction of sp³-hybridized carbons (Fsp3) is 0.222. The molecule has 0 amide bonds. The third-order valence-corrected chi connectivity index (χ3v) is 4.70. The summed E-state index contributed by atoms with van der Waals surface area (Å²) in [5, 5.41) is 0.608. The molecule has 0 bridgehead atoms. The van der Waals surface area contributed by atoms with E-state index in [4.69, 9.17) is 25.8 Å². The van der Waals surface area contributed by atoms with Crippen LogP contribution in [0.1, 0.15) is 11.3 Å². The number of ether oxygens (including phenoxy) is 3. The highest BCUT2D eigenvalue weighted by Crippen LogP contribution is 2.33. The quantitative estimate of drug-likeness (QED) is 0.542. The van der Waals surface area contributed by atoms with Crippen molar-refractivity contribution in [3.8, 4) is 11.5 Å². The van der Waals surface area contributed by atoms with E-state index in [1.54, 1.807) is 55.3 Å². The van der Waals surface area contributed by atoms with Gasteiger partial charge in [0, 0.05) is 16.9 Å². The number of methoxy groups -OCH3 is 2. The van der Waals surface area contributed by atoms with Crippen molar-refractivity contribution in [3.63, 3.8) is 0 Å². The Morgan fingerprint density at radius 3 is 2.65 bits per heavy atom.